The van der Waals surface area contributed by atoms with Gasteiger partial charge in [-0.1, -0.05) is 26.3 Å². The molecule has 1 atom stereocenters. The minimum Gasteiger partial charge on any atom is -0.370 e. The van der Waals surface area contributed by atoms with Crippen LogP contribution in [0.25, 0.3) is 0 Å². The molecular weight excluding hydrogens is 222 g/mol. The van der Waals surface area contributed by atoms with E-state index < -0.39 is 0 Å². The van der Waals surface area contributed by atoms with E-state index in [0.717, 1.165) is 12.4 Å². The standard InChI is InChI=1S/C15H25N3/c1-12(2)10-16-15-8-7-13(11-17-15)14-6-4-5-9-18(14)3/h7-8,11-12,14H,4-6,9-10H2,1-3H3,(H,16,17)/t14-/m0/s1. The van der Waals surface area contributed by atoms with Gasteiger partial charge < -0.3 is 5.32 Å². The summed E-state index contributed by atoms with van der Waals surface area (Å²) in [6.45, 7) is 6.60. The van der Waals surface area contributed by atoms with Crippen molar-refractivity contribution in [2.24, 2.45) is 5.92 Å². The highest BCUT2D eigenvalue weighted by atomic mass is 15.1. The van der Waals surface area contributed by atoms with Gasteiger partial charge in [0, 0.05) is 18.8 Å². The van der Waals surface area contributed by atoms with E-state index >= 15 is 0 Å². The molecule has 3 heteroatoms. The Morgan fingerprint density at radius 1 is 1.39 bits per heavy atom. The van der Waals surface area contributed by atoms with Crippen molar-refractivity contribution in [3.63, 3.8) is 0 Å². The Morgan fingerprint density at radius 3 is 2.83 bits per heavy atom. The first-order valence-electron chi connectivity index (χ1n) is 7.07. The molecule has 1 aliphatic rings. The minimum absolute atomic E-state index is 0.561. The lowest BCUT2D eigenvalue weighted by Gasteiger charge is -2.32. The molecule has 0 unspecified atom stereocenters. The van der Waals surface area contributed by atoms with Gasteiger partial charge in [0.15, 0.2) is 0 Å². The van der Waals surface area contributed by atoms with Crippen LogP contribution in [0.2, 0.25) is 0 Å². The van der Waals surface area contributed by atoms with Gasteiger partial charge in [0.1, 0.15) is 5.82 Å². The van der Waals surface area contributed by atoms with Crippen molar-refractivity contribution >= 4 is 5.82 Å². The Morgan fingerprint density at radius 2 is 2.22 bits per heavy atom. The molecule has 1 aromatic rings. The fourth-order valence-corrected chi connectivity index (χ4v) is 2.51. The first-order chi connectivity index (χ1) is 8.66. The van der Waals surface area contributed by atoms with E-state index in [4.69, 9.17) is 0 Å². The summed E-state index contributed by atoms with van der Waals surface area (Å²) in [6.07, 6.45) is 5.96. The number of nitrogens with one attached hydrogen (secondary N) is 1. The van der Waals surface area contributed by atoms with Crippen molar-refractivity contribution in [3.05, 3.63) is 23.9 Å². The third-order valence-electron chi connectivity index (χ3n) is 3.63. The summed E-state index contributed by atoms with van der Waals surface area (Å²) in [4.78, 5) is 6.97. The van der Waals surface area contributed by atoms with Crippen LogP contribution in [0, 0.1) is 5.92 Å². The number of hydrogen-bond acceptors (Lipinski definition) is 3. The normalized spacial score (nSPS) is 21.2. The van der Waals surface area contributed by atoms with Crippen molar-refractivity contribution in [2.45, 2.75) is 39.2 Å². The lowest BCUT2D eigenvalue weighted by molar-refractivity contribution is 0.187. The van der Waals surface area contributed by atoms with Crippen molar-refractivity contribution in [2.75, 3.05) is 25.5 Å². The van der Waals surface area contributed by atoms with Crippen LogP contribution in [0.15, 0.2) is 18.3 Å². The number of hydrogen-bond donors (Lipinski definition) is 1. The Kier molecular flexibility index (Phi) is 4.59. The Labute approximate surface area is 111 Å². The molecule has 2 rings (SSSR count). The summed E-state index contributed by atoms with van der Waals surface area (Å²) in [5.74, 6) is 1.64. The van der Waals surface area contributed by atoms with Gasteiger partial charge in [-0.3, -0.25) is 4.90 Å². The van der Waals surface area contributed by atoms with Crippen LogP contribution < -0.4 is 5.32 Å². The van der Waals surface area contributed by atoms with Crippen molar-refractivity contribution in [3.8, 4) is 0 Å². The molecule has 0 spiro atoms. The summed E-state index contributed by atoms with van der Waals surface area (Å²) < 4.78 is 0. The van der Waals surface area contributed by atoms with Gasteiger partial charge in [-0.2, -0.15) is 0 Å². The zero-order valence-electron chi connectivity index (χ0n) is 11.8. The SMILES string of the molecule is CC(C)CNc1ccc([C@@H]2CCCCN2C)cn1. The summed E-state index contributed by atoms with van der Waals surface area (Å²) >= 11 is 0. The van der Waals surface area contributed by atoms with Gasteiger partial charge in [-0.05, 0) is 44.0 Å². The third kappa shape index (κ3) is 3.45. The summed E-state index contributed by atoms with van der Waals surface area (Å²) in [5.41, 5.74) is 1.35. The largest absolute Gasteiger partial charge is 0.370 e. The van der Waals surface area contributed by atoms with E-state index in [1.165, 1.54) is 31.4 Å². The molecule has 1 fully saturated rings. The lowest BCUT2D eigenvalue weighted by Crippen LogP contribution is -2.29. The molecule has 0 radical (unpaired) electrons. The van der Waals surface area contributed by atoms with Crippen LogP contribution in [0.4, 0.5) is 5.82 Å². The number of nitrogens with zero attached hydrogens (tertiary/aromatic N) is 2. The molecule has 18 heavy (non-hydrogen) atoms. The van der Waals surface area contributed by atoms with E-state index in [1.807, 2.05) is 6.20 Å². The molecule has 3 nitrogen and oxygen atoms in total. The number of rotatable bonds is 4. The summed E-state index contributed by atoms with van der Waals surface area (Å²) in [5, 5.41) is 3.36. The quantitative estimate of drug-likeness (QED) is 0.884. The molecular formula is C15H25N3. The molecule has 1 saturated heterocycles. The maximum atomic E-state index is 4.52. The molecule has 0 saturated carbocycles. The van der Waals surface area contributed by atoms with Crippen LogP contribution in [0.5, 0.6) is 0 Å². The zero-order valence-corrected chi connectivity index (χ0v) is 11.8. The molecule has 0 bridgehead atoms. The van der Waals surface area contributed by atoms with Gasteiger partial charge in [-0.25, -0.2) is 4.98 Å². The molecule has 0 aromatic carbocycles. The fourth-order valence-electron chi connectivity index (χ4n) is 2.51. The van der Waals surface area contributed by atoms with E-state index in [1.54, 1.807) is 0 Å². The second kappa shape index (κ2) is 6.19. The van der Waals surface area contributed by atoms with Gasteiger partial charge in [0.25, 0.3) is 0 Å². The maximum Gasteiger partial charge on any atom is 0.125 e. The average Bonchev–Trinajstić information content (AvgIpc) is 2.38. The van der Waals surface area contributed by atoms with Crippen molar-refractivity contribution < 1.29 is 0 Å². The molecule has 1 aromatic heterocycles. The molecule has 1 N–H and O–H groups in total. The van der Waals surface area contributed by atoms with Gasteiger partial charge in [0.2, 0.25) is 0 Å². The Hall–Kier alpha value is -1.09. The molecule has 1 aliphatic heterocycles. The second-order valence-electron chi connectivity index (χ2n) is 5.74. The predicted octanol–water partition coefficient (Wildman–Crippen LogP) is 3.31. The number of anilines is 1. The first-order valence-corrected chi connectivity index (χ1v) is 7.07. The highest BCUT2D eigenvalue weighted by Crippen LogP contribution is 2.29. The topological polar surface area (TPSA) is 28.2 Å². The van der Waals surface area contributed by atoms with Crippen LogP contribution in [0.1, 0.15) is 44.7 Å². The van der Waals surface area contributed by atoms with Crippen molar-refractivity contribution in [1.29, 1.82) is 0 Å². The number of likely N-dealkylation sites (tertiary alicyclic amines) is 1. The zero-order chi connectivity index (χ0) is 13.0. The smallest absolute Gasteiger partial charge is 0.125 e. The first kappa shape index (κ1) is 13.3. The number of aromatic nitrogens is 1. The summed E-state index contributed by atoms with van der Waals surface area (Å²) in [6, 6.07) is 4.90. The number of pyridine rings is 1. The van der Waals surface area contributed by atoms with Crippen molar-refractivity contribution in [1.82, 2.24) is 9.88 Å². The highest BCUT2D eigenvalue weighted by Gasteiger charge is 2.20. The van der Waals surface area contributed by atoms with Crippen LogP contribution in [-0.2, 0) is 0 Å². The van der Waals surface area contributed by atoms with E-state index in [0.29, 0.717) is 12.0 Å². The lowest BCUT2D eigenvalue weighted by atomic mass is 9.97. The van der Waals surface area contributed by atoms with Crippen LogP contribution >= 0.6 is 0 Å². The third-order valence-corrected chi connectivity index (χ3v) is 3.63. The Bertz CT molecular complexity index is 359. The van der Waals surface area contributed by atoms with Gasteiger partial charge in [-0.15, -0.1) is 0 Å². The van der Waals surface area contributed by atoms with Crippen LogP contribution in [-0.4, -0.2) is 30.0 Å². The molecule has 2 heterocycles. The number of piperidine rings is 1. The molecule has 100 valence electrons. The average molecular weight is 247 g/mol. The fraction of sp³-hybridized carbons (Fsp3) is 0.667. The van der Waals surface area contributed by atoms with Gasteiger partial charge in [0.05, 0.1) is 0 Å². The Balaban J connectivity index is 1.98. The van der Waals surface area contributed by atoms with Crippen LogP contribution in [0.3, 0.4) is 0 Å². The van der Waals surface area contributed by atoms with E-state index in [2.05, 4.69) is 48.2 Å². The maximum absolute atomic E-state index is 4.52. The highest BCUT2D eigenvalue weighted by molar-refractivity contribution is 5.36. The second-order valence-corrected chi connectivity index (χ2v) is 5.74. The van der Waals surface area contributed by atoms with Gasteiger partial charge >= 0.3 is 0 Å². The monoisotopic (exact) mass is 247 g/mol. The van der Waals surface area contributed by atoms with E-state index in [9.17, 15) is 0 Å². The molecule has 0 aliphatic carbocycles. The minimum atomic E-state index is 0.561. The molecule has 0 amide bonds. The summed E-state index contributed by atoms with van der Waals surface area (Å²) in [7, 11) is 2.22. The van der Waals surface area contributed by atoms with E-state index in [-0.39, 0.29) is 0 Å². The predicted molar refractivity (Wildman–Crippen MR) is 76.8 cm³/mol.